The third-order valence-electron chi connectivity index (χ3n) is 2.47. The first-order chi connectivity index (χ1) is 8.09. The number of carboxylic acid groups (broad SMARTS) is 1. The van der Waals surface area contributed by atoms with Gasteiger partial charge in [0.15, 0.2) is 6.61 Å². The Bertz CT molecular complexity index is 630. The fraction of sp³-hybridized carbons (Fsp3) is 0.167. The van der Waals surface area contributed by atoms with Crippen LogP contribution in [0.1, 0.15) is 0 Å². The standard InChI is InChI=1S/C12H11NO4/c1-13-9-5-3-2-4-8(9)10(6-11(13)14)17-7-12(15)16/h2-6H,7H2,1H3,(H,15,16). The monoisotopic (exact) mass is 233 g/mol. The van der Waals surface area contributed by atoms with E-state index in [2.05, 4.69) is 0 Å². The van der Waals surface area contributed by atoms with E-state index < -0.39 is 12.6 Å². The largest absolute Gasteiger partial charge is 0.481 e. The van der Waals surface area contributed by atoms with Crippen LogP contribution in [0.25, 0.3) is 10.9 Å². The molecule has 1 aromatic heterocycles. The van der Waals surface area contributed by atoms with Crippen LogP contribution in [0.15, 0.2) is 35.1 Å². The third-order valence-corrected chi connectivity index (χ3v) is 2.47. The molecule has 0 unspecified atom stereocenters. The highest BCUT2D eigenvalue weighted by Gasteiger charge is 2.08. The number of aryl methyl sites for hydroxylation is 1. The molecule has 1 heterocycles. The lowest BCUT2D eigenvalue weighted by atomic mass is 10.2. The van der Waals surface area contributed by atoms with E-state index in [1.165, 1.54) is 10.6 Å². The number of carbonyl (C=O) groups is 1. The number of para-hydroxylation sites is 1. The Hall–Kier alpha value is -2.30. The molecule has 0 bridgehead atoms. The van der Waals surface area contributed by atoms with E-state index in [9.17, 15) is 9.59 Å². The van der Waals surface area contributed by atoms with Crippen LogP contribution in [0, 0.1) is 0 Å². The summed E-state index contributed by atoms with van der Waals surface area (Å²) < 4.78 is 6.59. The second-order valence-corrected chi connectivity index (χ2v) is 3.61. The van der Waals surface area contributed by atoms with Crippen molar-refractivity contribution in [2.45, 2.75) is 0 Å². The van der Waals surface area contributed by atoms with Crippen molar-refractivity contribution in [1.29, 1.82) is 0 Å². The van der Waals surface area contributed by atoms with Crippen molar-refractivity contribution in [3.05, 3.63) is 40.7 Å². The number of fused-ring (bicyclic) bond motifs is 1. The van der Waals surface area contributed by atoms with Crippen LogP contribution in [-0.2, 0) is 11.8 Å². The first-order valence-electron chi connectivity index (χ1n) is 5.03. The molecule has 0 fully saturated rings. The molecule has 0 aliphatic rings. The minimum Gasteiger partial charge on any atom is -0.481 e. The molecule has 2 aromatic rings. The summed E-state index contributed by atoms with van der Waals surface area (Å²) in [5.41, 5.74) is 0.476. The lowest BCUT2D eigenvalue weighted by molar-refractivity contribution is -0.139. The molecule has 2 rings (SSSR count). The van der Waals surface area contributed by atoms with Gasteiger partial charge in [-0.2, -0.15) is 0 Å². The number of benzene rings is 1. The van der Waals surface area contributed by atoms with Crippen molar-refractivity contribution in [1.82, 2.24) is 4.57 Å². The average Bonchev–Trinajstić information content (AvgIpc) is 2.32. The molecule has 0 atom stereocenters. The number of aromatic nitrogens is 1. The number of rotatable bonds is 3. The molecular weight excluding hydrogens is 222 g/mol. The van der Waals surface area contributed by atoms with Crippen molar-refractivity contribution < 1.29 is 14.6 Å². The summed E-state index contributed by atoms with van der Waals surface area (Å²) in [7, 11) is 1.66. The van der Waals surface area contributed by atoms with Gasteiger partial charge in [0, 0.05) is 18.5 Å². The minimum absolute atomic E-state index is 0.232. The fourth-order valence-corrected chi connectivity index (χ4v) is 1.64. The van der Waals surface area contributed by atoms with Crippen LogP contribution in [-0.4, -0.2) is 22.2 Å². The number of carboxylic acids is 1. The van der Waals surface area contributed by atoms with Crippen molar-refractivity contribution in [2.75, 3.05) is 6.61 Å². The molecule has 88 valence electrons. The molecule has 0 aliphatic carbocycles. The summed E-state index contributed by atoms with van der Waals surface area (Å²) in [6.45, 7) is -0.461. The number of nitrogens with zero attached hydrogens (tertiary/aromatic N) is 1. The zero-order valence-electron chi connectivity index (χ0n) is 9.21. The van der Waals surface area contributed by atoms with E-state index in [-0.39, 0.29) is 5.56 Å². The molecule has 0 spiro atoms. The first-order valence-corrected chi connectivity index (χ1v) is 5.03. The highest BCUT2D eigenvalue weighted by molar-refractivity contribution is 5.85. The highest BCUT2D eigenvalue weighted by Crippen LogP contribution is 2.22. The Balaban J connectivity index is 2.59. The highest BCUT2D eigenvalue weighted by atomic mass is 16.5. The van der Waals surface area contributed by atoms with Gasteiger partial charge in [-0.25, -0.2) is 4.79 Å². The summed E-state index contributed by atoms with van der Waals surface area (Å²) in [4.78, 5) is 22.1. The van der Waals surface area contributed by atoms with Gasteiger partial charge in [0.1, 0.15) is 5.75 Å². The topological polar surface area (TPSA) is 68.5 Å². The van der Waals surface area contributed by atoms with E-state index in [4.69, 9.17) is 9.84 Å². The van der Waals surface area contributed by atoms with Gasteiger partial charge in [0.25, 0.3) is 5.56 Å². The molecule has 17 heavy (non-hydrogen) atoms. The van der Waals surface area contributed by atoms with Gasteiger partial charge in [-0.1, -0.05) is 12.1 Å². The quantitative estimate of drug-likeness (QED) is 0.858. The van der Waals surface area contributed by atoms with E-state index in [0.29, 0.717) is 11.3 Å². The Labute approximate surface area is 96.9 Å². The van der Waals surface area contributed by atoms with Crippen LogP contribution < -0.4 is 10.3 Å². The summed E-state index contributed by atoms with van der Waals surface area (Å²) in [6.07, 6.45) is 0. The Morgan fingerprint density at radius 1 is 1.41 bits per heavy atom. The van der Waals surface area contributed by atoms with Gasteiger partial charge in [0.05, 0.1) is 5.52 Å². The fourth-order valence-electron chi connectivity index (χ4n) is 1.64. The van der Waals surface area contributed by atoms with E-state index in [1.54, 1.807) is 25.2 Å². The van der Waals surface area contributed by atoms with Crippen molar-refractivity contribution >= 4 is 16.9 Å². The smallest absolute Gasteiger partial charge is 0.341 e. The van der Waals surface area contributed by atoms with Gasteiger partial charge in [0.2, 0.25) is 0 Å². The lowest BCUT2D eigenvalue weighted by Gasteiger charge is -2.09. The molecule has 0 saturated heterocycles. The molecule has 0 radical (unpaired) electrons. The summed E-state index contributed by atoms with van der Waals surface area (Å²) in [6, 6.07) is 8.48. The Kier molecular flexibility index (Phi) is 2.82. The van der Waals surface area contributed by atoms with Crippen LogP contribution in [0.5, 0.6) is 5.75 Å². The first kappa shape index (κ1) is 11.2. The SMILES string of the molecule is Cn1c(=O)cc(OCC(=O)O)c2ccccc21. The molecule has 0 aliphatic heterocycles. The molecule has 1 N–H and O–H groups in total. The molecule has 0 amide bonds. The predicted octanol–water partition coefficient (Wildman–Crippen LogP) is 1.00. The second kappa shape index (κ2) is 4.29. The Morgan fingerprint density at radius 3 is 2.82 bits per heavy atom. The molecule has 5 heteroatoms. The maximum absolute atomic E-state index is 11.6. The number of hydrogen-bond acceptors (Lipinski definition) is 3. The molecular formula is C12H11NO4. The summed E-state index contributed by atoms with van der Waals surface area (Å²) >= 11 is 0. The second-order valence-electron chi connectivity index (χ2n) is 3.61. The van der Waals surface area contributed by atoms with Crippen LogP contribution >= 0.6 is 0 Å². The molecule has 0 saturated carbocycles. The number of ether oxygens (including phenoxy) is 1. The third kappa shape index (κ3) is 2.13. The predicted molar refractivity (Wildman–Crippen MR) is 62.3 cm³/mol. The maximum atomic E-state index is 11.6. The Morgan fingerprint density at radius 2 is 2.12 bits per heavy atom. The number of hydrogen-bond donors (Lipinski definition) is 1. The molecule has 5 nitrogen and oxygen atoms in total. The molecule has 1 aromatic carbocycles. The minimum atomic E-state index is -1.07. The zero-order chi connectivity index (χ0) is 12.4. The summed E-state index contributed by atoms with van der Waals surface area (Å²) in [5, 5.41) is 9.28. The van der Waals surface area contributed by atoms with Gasteiger partial charge in [-0.15, -0.1) is 0 Å². The van der Waals surface area contributed by atoms with Gasteiger partial charge in [-0.3, -0.25) is 4.79 Å². The summed E-state index contributed by atoms with van der Waals surface area (Å²) in [5.74, 6) is -0.777. The zero-order valence-corrected chi connectivity index (χ0v) is 9.21. The maximum Gasteiger partial charge on any atom is 0.341 e. The lowest BCUT2D eigenvalue weighted by Crippen LogP contribution is -2.18. The van der Waals surface area contributed by atoms with Crippen molar-refractivity contribution in [3.63, 3.8) is 0 Å². The van der Waals surface area contributed by atoms with Gasteiger partial charge in [-0.05, 0) is 12.1 Å². The van der Waals surface area contributed by atoms with Crippen LogP contribution in [0.3, 0.4) is 0 Å². The number of aliphatic carboxylic acids is 1. The number of pyridine rings is 1. The van der Waals surface area contributed by atoms with Gasteiger partial charge >= 0.3 is 5.97 Å². The van der Waals surface area contributed by atoms with E-state index in [1.807, 2.05) is 6.07 Å². The van der Waals surface area contributed by atoms with Crippen molar-refractivity contribution in [3.8, 4) is 5.75 Å². The normalized spacial score (nSPS) is 10.4. The average molecular weight is 233 g/mol. The van der Waals surface area contributed by atoms with Crippen LogP contribution in [0.2, 0.25) is 0 Å². The van der Waals surface area contributed by atoms with Crippen LogP contribution in [0.4, 0.5) is 0 Å². The van der Waals surface area contributed by atoms with Gasteiger partial charge < -0.3 is 14.4 Å². The van der Waals surface area contributed by atoms with Crippen molar-refractivity contribution in [2.24, 2.45) is 7.05 Å². The van der Waals surface area contributed by atoms with E-state index in [0.717, 1.165) is 5.39 Å². The van der Waals surface area contributed by atoms with E-state index >= 15 is 0 Å².